The Hall–Kier alpha value is -3.18. The van der Waals surface area contributed by atoms with Gasteiger partial charge in [-0.25, -0.2) is 5.43 Å². The smallest absolute Gasteiger partial charge is 0.265 e. The number of nitrogens with zero attached hydrogens (tertiary/aromatic N) is 1. The molecule has 3 rings (SSSR count). The Morgan fingerprint density at radius 2 is 1.80 bits per heavy atom. The minimum Gasteiger partial charge on any atom is -0.488 e. The number of amides is 1. The Morgan fingerprint density at radius 1 is 1.04 bits per heavy atom. The Balaban J connectivity index is 1.90. The second-order valence-electron chi connectivity index (χ2n) is 5.42. The molecule has 2 N–H and O–H groups in total. The van der Waals surface area contributed by atoms with Crippen LogP contribution < -0.4 is 10.2 Å². The molecule has 0 aromatic heterocycles. The van der Waals surface area contributed by atoms with E-state index in [2.05, 4.69) is 10.5 Å². The lowest BCUT2D eigenvalue weighted by molar-refractivity contribution is -0.123. The average molecular weight is 334 g/mol. The predicted molar refractivity (Wildman–Crippen MR) is 97.5 cm³/mol. The number of carbonyl (C=O) groups excluding carboxylic acids is 1. The third kappa shape index (κ3) is 4.22. The summed E-state index contributed by atoms with van der Waals surface area (Å²) in [7, 11) is 0. The Kier molecular flexibility index (Phi) is 5.39. The molecular formula is C20H18N2O3. The molecule has 5 nitrogen and oxygen atoms in total. The zero-order valence-corrected chi connectivity index (χ0v) is 13.6. The first-order chi connectivity index (χ1) is 12.3. The van der Waals surface area contributed by atoms with E-state index in [0.29, 0.717) is 12.4 Å². The van der Waals surface area contributed by atoms with Crippen molar-refractivity contribution in [2.45, 2.75) is 6.61 Å². The van der Waals surface area contributed by atoms with Crippen molar-refractivity contribution in [3.63, 3.8) is 0 Å². The van der Waals surface area contributed by atoms with Crippen molar-refractivity contribution in [2.24, 2.45) is 5.10 Å². The fourth-order valence-electron chi connectivity index (χ4n) is 2.47. The molecule has 3 aromatic carbocycles. The molecule has 0 spiro atoms. The van der Waals surface area contributed by atoms with Gasteiger partial charge in [-0.3, -0.25) is 4.79 Å². The molecule has 0 aliphatic rings. The summed E-state index contributed by atoms with van der Waals surface area (Å²) in [5.74, 6) is 0.104. The number of aliphatic hydroxyl groups excluding tert-OH is 1. The highest BCUT2D eigenvalue weighted by atomic mass is 16.5. The first-order valence-electron chi connectivity index (χ1n) is 7.89. The third-order valence-corrected chi connectivity index (χ3v) is 3.69. The molecule has 3 aromatic rings. The molecule has 25 heavy (non-hydrogen) atoms. The maximum absolute atomic E-state index is 11.2. The molecule has 0 radical (unpaired) electrons. The van der Waals surface area contributed by atoms with Crippen LogP contribution in [0.4, 0.5) is 0 Å². The lowest BCUT2D eigenvalue weighted by atomic mass is 10.0. The first-order valence-corrected chi connectivity index (χ1v) is 7.89. The van der Waals surface area contributed by atoms with E-state index in [0.717, 1.165) is 21.9 Å². The topological polar surface area (TPSA) is 70.9 Å². The van der Waals surface area contributed by atoms with Crippen molar-refractivity contribution in [3.8, 4) is 5.75 Å². The molecule has 0 unspecified atom stereocenters. The number of aliphatic hydroxyl groups is 1. The minimum absolute atomic E-state index is 0.434. The zero-order chi connectivity index (χ0) is 17.5. The maximum atomic E-state index is 11.2. The Bertz CT molecular complexity index is 892. The number of rotatable bonds is 6. The summed E-state index contributed by atoms with van der Waals surface area (Å²) in [5.41, 5.74) is 4.10. The summed E-state index contributed by atoms with van der Waals surface area (Å²) >= 11 is 0. The van der Waals surface area contributed by atoms with Crippen LogP contribution in [0.5, 0.6) is 5.75 Å². The zero-order valence-electron chi connectivity index (χ0n) is 13.6. The highest BCUT2D eigenvalue weighted by Gasteiger charge is 2.08. The van der Waals surface area contributed by atoms with Gasteiger partial charge in [0.1, 0.15) is 19.0 Å². The molecule has 0 heterocycles. The molecular weight excluding hydrogens is 316 g/mol. The fraction of sp³-hybridized carbons (Fsp3) is 0.100. The molecule has 0 fully saturated rings. The molecule has 0 aliphatic heterocycles. The van der Waals surface area contributed by atoms with Crippen molar-refractivity contribution in [1.82, 2.24) is 5.43 Å². The van der Waals surface area contributed by atoms with E-state index in [-0.39, 0.29) is 0 Å². The van der Waals surface area contributed by atoms with Gasteiger partial charge < -0.3 is 9.84 Å². The summed E-state index contributed by atoms with van der Waals surface area (Å²) in [6.07, 6.45) is 1.54. The number of nitrogens with one attached hydrogen (secondary N) is 1. The molecule has 5 heteroatoms. The van der Waals surface area contributed by atoms with Crippen molar-refractivity contribution < 1.29 is 14.6 Å². The highest BCUT2D eigenvalue weighted by molar-refractivity contribution is 6.02. The van der Waals surface area contributed by atoms with Gasteiger partial charge in [-0.2, -0.15) is 5.10 Å². The van der Waals surface area contributed by atoms with Crippen molar-refractivity contribution in [1.29, 1.82) is 0 Å². The van der Waals surface area contributed by atoms with E-state index in [1.807, 2.05) is 66.7 Å². The predicted octanol–water partition coefficient (Wildman–Crippen LogP) is 2.86. The lowest BCUT2D eigenvalue weighted by Crippen LogP contribution is -2.20. The van der Waals surface area contributed by atoms with Crippen molar-refractivity contribution in [2.75, 3.05) is 6.61 Å². The number of hydrazone groups is 1. The van der Waals surface area contributed by atoms with Crippen molar-refractivity contribution in [3.05, 3.63) is 77.9 Å². The van der Waals surface area contributed by atoms with Crippen LogP contribution in [-0.4, -0.2) is 23.8 Å². The van der Waals surface area contributed by atoms with Crippen LogP contribution in [0.1, 0.15) is 11.1 Å². The van der Waals surface area contributed by atoms with Crippen LogP contribution in [0.25, 0.3) is 10.8 Å². The van der Waals surface area contributed by atoms with Crippen molar-refractivity contribution >= 4 is 22.9 Å². The van der Waals surface area contributed by atoms with Gasteiger partial charge in [0.15, 0.2) is 0 Å². The SMILES string of the molecule is O=C(CO)N/N=C/c1c(OCc2ccccc2)ccc2ccccc12. The van der Waals surface area contributed by atoms with Gasteiger partial charge in [0.25, 0.3) is 5.91 Å². The minimum atomic E-state index is -0.607. The van der Waals surface area contributed by atoms with E-state index < -0.39 is 12.5 Å². The molecule has 0 atom stereocenters. The highest BCUT2D eigenvalue weighted by Crippen LogP contribution is 2.27. The Labute approximate surface area is 145 Å². The summed E-state index contributed by atoms with van der Waals surface area (Å²) < 4.78 is 5.96. The second-order valence-corrected chi connectivity index (χ2v) is 5.42. The quantitative estimate of drug-likeness (QED) is 0.538. The van der Waals surface area contributed by atoms with Crippen LogP contribution in [-0.2, 0) is 11.4 Å². The number of benzene rings is 3. The summed E-state index contributed by atoms with van der Waals surface area (Å²) in [5, 5.41) is 14.7. The van der Waals surface area contributed by atoms with Gasteiger partial charge in [-0.05, 0) is 22.4 Å². The lowest BCUT2D eigenvalue weighted by Gasteiger charge is -2.12. The summed E-state index contributed by atoms with van der Waals surface area (Å²) in [6.45, 7) is -0.173. The van der Waals surface area contributed by atoms with Gasteiger partial charge in [0.2, 0.25) is 0 Å². The van der Waals surface area contributed by atoms with E-state index in [4.69, 9.17) is 9.84 Å². The maximum Gasteiger partial charge on any atom is 0.265 e. The number of hydrogen-bond acceptors (Lipinski definition) is 4. The van der Waals surface area contributed by atoms with Crippen LogP contribution in [0, 0.1) is 0 Å². The van der Waals surface area contributed by atoms with E-state index in [1.165, 1.54) is 6.21 Å². The van der Waals surface area contributed by atoms with Gasteiger partial charge >= 0.3 is 0 Å². The van der Waals surface area contributed by atoms with E-state index in [9.17, 15) is 4.79 Å². The number of carbonyl (C=O) groups is 1. The molecule has 1 amide bonds. The van der Waals surface area contributed by atoms with E-state index in [1.54, 1.807) is 0 Å². The number of ether oxygens (including phenoxy) is 1. The van der Waals surface area contributed by atoms with E-state index >= 15 is 0 Å². The molecule has 0 aliphatic carbocycles. The molecule has 0 saturated carbocycles. The third-order valence-electron chi connectivity index (χ3n) is 3.69. The van der Waals surface area contributed by atoms with Crippen LogP contribution >= 0.6 is 0 Å². The van der Waals surface area contributed by atoms with Crippen LogP contribution in [0.2, 0.25) is 0 Å². The monoisotopic (exact) mass is 334 g/mol. The van der Waals surface area contributed by atoms with Gasteiger partial charge in [0.05, 0.1) is 6.21 Å². The number of fused-ring (bicyclic) bond motifs is 1. The summed E-state index contributed by atoms with van der Waals surface area (Å²) in [4.78, 5) is 11.2. The van der Waals surface area contributed by atoms with Gasteiger partial charge in [0, 0.05) is 5.56 Å². The van der Waals surface area contributed by atoms with Crippen LogP contribution in [0.15, 0.2) is 71.8 Å². The number of hydrogen-bond donors (Lipinski definition) is 2. The van der Waals surface area contributed by atoms with Gasteiger partial charge in [-0.15, -0.1) is 0 Å². The second kappa shape index (κ2) is 8.08. The molecule has 0 bridgehead atoms. The first kappa shape index (κ1) is 16.7. The summed E-state index contributed by atoms with van der Waals surface area (Å²) in [6, 6.07) is 21.6. The molecule has 0 saturated heterocycles. The Morgan fingerprint density at radius 3 is 2.60 bits per heavy atom. The largest absolute Gasteiger partial charge is 0.488 e. The molecule has 126 valence electrons. The van der Waals surface area contributed by atoms with Crippen LogP contribution in [0.3, 0.4) is 0 Å². The normalized spacial score (nSPS) is 10.9. The standard InChI is InChI=1S/C20H18N2O3/c23-13-20(24)22-21-12-18-17-9-5-4-8-16(17)10-11-19(18)25-14-15-6-2-1-3-7-15/h1-12,23H,13-14H2,(H,22,24)/b21-12+. The average Bonchev–Trinajstić information content (AvgIpc) is 2.67. The van der Waals surface area contributed by atoms with Gasteiger partial charge in [-0.1, -0.05) is 60.7 Å². The fourth-order valence-corrected chi connectivity index (χ4v) is 2.47.